The van der Waals surface area contributed by atoms with Crippen LogP contribution in [0.2, 0.25) is 5.02 Å². The molecule has 0 saturated carbocycles. The minimum atomic E-state index is -3.59. The van der Waals surface area contributed by atoms with Gasteiger partial charge in [-0.05, 0) is 49.2 Å². The summed E-state index contributed by atoms with van der Waals surface area (Å²) in [7, 11) is -2.12. The lowest BCUT2D eigenvalue weighted by Crippen LogP contribution is -2.32. The molecule has 0 bridgehead atoms. The summed E-state index contributed by atoms with van der Waals surface area (Å²) in [5, 5.41) is 3.13. The van der Waals surface area contributed by atoms with Gasteiger partial charge in [0.1, 0.15) is 5.75 Å². The Hall–Kier alpha value is -2.09. The zero-order chi connectivity index (χ0) is 20.1. The summed E-state index contributed by atoms with van der Waals surface area (Å²) >= 11 is 5.98. The van der Waals surface area contributed by atoms with Crippen molar-refractivity contribution in [2.24, 2.45) is 0 Å². The number of carbonyl (C=O) groups is 1. The molecule has 150 valence electrons. The molecule has 0 aromatic heterocycles. The van der Waals surface area contributed by atoms with Crippen molar-refractivity contribution in [3.63, 3.8) is 0 Å². The number of hydrogen-bond acceptors (Lipinski definition) is 4. The average molecular weight is 423 g/mol. The number of methoxy groups -OCH3 is 1. The minimum Gasteiger partial charge on any atom is -0.496 e. The Morgan fingerprint density at radius 2 is 1.79 bits per heavy atom. The van der Waals surface area contributed by atoms with Gasteiger partial charge in [0.25, 0.3) is 5.91 Å². The number of hydrogen-bond donors (Lipinski definition) is 1. The van der Waals surface area contributed by atoms with E-state index < -0.39 is 15.9 Å². The number of nitrogens with zero attached hydrogens (tertiary/aromatic N) is 1. The van der Waals surface area contributed by atoms with Crippen molar-refractivity contribution in [3.8, 4) is 5.75 Å². The number of rotatable bonds is 5. The Labute approximate surface area is 170 Å². The van der Waals surface area contributed by atoms with Crippen molar-refractivity contribution < 1.29 is 17.9 Å². The molecular formula is C20H23ClN2O4S. The van der Waals surface area contributed by atoms with Crippen LogP contribution in [-0.2, 0) is 10.0 Å². The van der Waals surface area contributed by atoms with Gasteiger partial charge in [0, 0.05) is 23.8 Å². The number of amides is 1. The highest BCUT2D eigenvalue weighted by Crippen LogP contribution is 2.26. The fourth-order valence-corrected chi connectivity index (χ4v) is 4.96. The van der Waals surface area contributed by atoms with Crippen LogP contribution in [0.4, 0.5) is 5.69 Å². The third-order valence-electron chi connectivity index (χ3n) is 4.70. The second-order valence-corrected chi connectivity index (χ2v) is 9.02. The van der Waals surface area contributed by atoms with E-state index in [1.54, 1.807) is 30.3 Å². The van der Waals surface area contributed by atoms with E-state index in [9.17, 15) is 13.2 Å². The van der Waals surface area contributed by atoms with E-state index in [1.807, 2.05) is 0 Å². The predicted molar refractivity (Wildman–Crippen MR) is 110 cm³/mol. The number of carbonyl (C=O) groups excluding carboxylic acids is 1. The molecular weight excluding hydrogens is 400 g/mol. The van der Waals surface area contributed by atoms with Crippen LogP contribution >= 0.6 is 11.6 Å². The highest BCUT2D eigenvalue weighted by Gasteiger charge is 2.25. The number of sulfonamides is 1. The maximum absolute atomic E-state index is 13.0. The lowest BCUT2D eigenvalue weighted by Gasteiger charge is -2.20. The van der Waals surface area contributed by atoms with Crippen LogP contribution in [0.15, 0.2) is 47.4 Å². The first-order valence-electron chi connectivity index (χ1n) is 9.17. The van der Waals surface area contributed by atoms with Gasteiger partial charge in [0.15, 0.2) is 0 Å². The maximum atomic E-state index is 13.0. The van der Waals surface area contributed by atoms with Gasteiger partial charge in [-0.1, -0.05) is 30.5 Å². The first-order valence-corrected chi connectivity index (χ1v) is 11.0. The van der Waals surface area contributed by atoms with Crippen molar-refractivity contribution in [2.45, 2.75) is 30.6 Å². The third kappa shape index (κ3) is 4.66. The van der Waals surface area contributed by atoms with Gasteiger partial charge in [-0.25, -0.2) is 8.42 Å². The zero-order valence-corrected chi connectivity index (χ0v) is 17.2. The van der Waals surface area contributed by atoms with Gasteiger partial charge >= 0.3 is 0 Å². The molecule has 1 fully saturated rings. The van der Waals surface area contributed by atoms with Gasteiger partial charge in [-0.3, -0.25) is 4.79 Å². The molecule has 0 atom stereocenters. The van der Waals surface area contributed by atoms with Gasteiger partial charge in [0.2, 0.25) is 10.0 Å². The van der Waals surface area contributed by atoms with Crippen molar-refractivity contribution in [1.82, 2.24) is 4.31 Å². The summed E-state index contributed by atoms with van der Waals surface area (Å²) in [5.41, 5.74) is 0.665. The van der Waals surface area contributed by atoms with Crippen LogP contribution in [0.5, 0.6) is 5.75 Å². The van der Waals surface area contributed by atoms with Crippen LogP contribution in [0.1, 0.15) is 36.0 Å². The van der Waals surface area contributed by atoms with E-state index in [0.29, 0.717) is 29.5 Å². The fourth-order valence-electron chi connectivity index (χ4n) is 3.22. The summed E-state index contributed by atoms with van der Waals surface area (Å²) < 4.78 is 32.7. The molecule has 3 rings (SSSR count). The number of anilines is 1. The van der Waals surface area contributed by atoms with Crippen LogP contribution in [0, 0.1) is 0 Å². The molecule has 0 radical (unpaired) electrons. The molecule has 6 nitrogen and oxygen atoms in total. The Bertz CT molecular complexity index is 954. The molecule has 28 heavy (non-hydrogen) atoms. The highest BCUT2D eigenvalue weighted by molar-refractivity contribution is 7.89. The van der Waals surface area contributed by atoms with Gasteiger partial charge in [-0.15, -0.1) is 0 Å². The molecule has 0 unspecified atom stereocenters. The number of ether oxygens (including phenoxy) is 1. The SMILES string of the molecule is COc1ccc(Cl)cc1C(=O)Nc1cccc(S(=O)(=O)N2CCCCCC2)c1. The second-order valence-electron chi connectivity index (χ2n) is 6.64. The Morgan fingerprint density at radius 1 is 1.07 bits per heavy atom. The van der Waals surface area contributed by atoms with E-state index in [0.717, 1.165) is 25.7 Å². The van der Waals surface area contributed by atoms with Gasteiger partial charge in [0.05, 0.1) is 17.6 Å². The Morgan fingerprint density at radius 3 is 2.46 bits per heavy atom. The zero-order valence-electron chi connectivity index (χ0n) is 15.7. The molecule has 2 aromatic carbocycles. The summed E-state index contributed by atoms with van der Waals surface area (Å²) in [4.78, 5) is 12.8. The first kappa shape index (κ1) is 20.6. The molecule has 8 heteroatoms. The van der Waals surface area contributed by atoms with Crippen molar-refractivity contribution in [2.75, 3.05) is 25.5 Å². The minimum absolute atomic E-state index is 0.172. The first-order chi connectivity index (χ1) is 13.4. The van der Waals surface area contributed by atoms with Crippen LogP contribution in [0.3, 0.4) is 0 Å². The topological polar surface area (TPSA) is 75.7 Å². The van der Waals surface area contributed by atoms with Gasteiger partial charge < -0.3 is 10.1 Å². The average Bonchev–Trinajstić information content (AvgIpc) is 2.98. The predicted octanol–water partition coefficient (Wildman–Crippen LogP) is 4.17. The van der Waals surface area contributed by atoms with Crippen LogP contribution in [0.25, 0.3) is 0 Å². The molecule has 1 aliphatic heterocycles. The van der Waals surface area contributed by atoms with E-state index in [2.05, 4.69) is 5.32 Å². The smallest absolute Gasteiger partial charge is 0.259 e. The lowest BCUT2D eigenvalue weighted by atomic mass is 10.2. The molecule has 1 amide bonds. The Kier molecular flexibility index (Phi) is 6.59. The van der Waals surface area contributed by atoms with E-state index in [1.165, 1.54) is 23.5 Å². The van der Waals surface area contributed by atoms with E-state index >= 15 is 0 Å². The molecule has 0 spiro atoms. The number of halogens is 1. The molecule has 1 aliphatic rings. The summed E-state index contributed by atoms with van der Waals surface area (Å²) in [6.45, 7) is 1.05. The Balaban J connectivity index is 1.83. The van der Waals surface area contributed by atoms with Crippen LogP contribution in [-0.4, -0.2) is 38.8 Å². The van der Waals surface area contributed by atoms with Crippen molar-refractivity contribution in [3.05, 3.63) is 53.1 Å². The monoisotopic (exact) mass is 422 g/mol. The lowest BCUT2D eigenvalue weighted by molar-refractivity contribution is 0.102. The number of benzene rings is 2. The molecule has 1 heterocycles. The van der Waals surface area contributed by atoms with E-state index in [-0.39, 0.29) is 10.5 Å². The van der Waals surface area contributed by atoms with Crippen molar-refractivity contribution in [1.29, 1.82) is 0 Å². The summed E-state index contributed by atoms with van der Waals surface area (Å²) in [5.74, 6) is -0.0427. The molecule has 0 aliphatic carbocycles. The number of nitrogens with one attached hydrogen (secondary N) is 1. The summed E-state index contributed by atoms with van der Waals surface area (Å²) in [6, 6.07) is 11.0. The second kappa shape index (κ2) is 8.94. The van der Waals surface area contributed by atoms with E-state index in [4.69, 9.17) is 16.3 Å². The third-order valence-corrected chi connectivity index (χ3v) is 6.83. The van der Waals surface area contributed by atoms with Crippen molar-refractivity contribution >= 4 is 33.2 Å². The standard InChI is InChI=1S/C20H23ClN2O4S/c1-27-19-10-9-15(21)13-18(19)20(24)22-16-7-6-8-17(14-16)28(25,26)23-11-4-2-3-5-12-23/h6-10,13-14H,2-5,11-12H2,1H3,(H,22,24). The van der Waals surface area contributed by atoms with Crippen LogP contribution < -0.4 is 10.1 Å². The normalized spacial score (nSPS) is 15.6. The fraction of sp³-hybridized carbons (Fsp3) is 0.350. The molecule has 1 N–H and O–H groups in total. The highest BCUT2D eigenvalue weighted by atomic mass is 35.5. The maximum Gasteiger partial charge on any atom is 0.259 e. The largest absolute Gasteiger partial charge is 0.496 e. The molecule has 1 saturated heterocycles. The quantitative estimate of drug-likeness (QED) is 0.784. The van der Waals surface area contributed by atoms with Gasteiger partial charge in [-0.2, -0.15) is 4.31 Å². The molecule has 2 aromatic rings. The summed E-state index contributed by atoms with van der Waals surface area (Å²) in [6.07, 6.45) is 3.82.